The molecule has 0 spiro atoms. The summed E-state index contributed by atoms with van der Waals surface area (Å²) in [5.74, 6) is 1.48. The van der Waals surface area contributed by atoms with Crippen LogP contribution in [-0.2, 0) is 14.8 Å². The summed E-state index contributed by atoms with van der Waals surface area (Å²) in [6.45, 7) is 3.96. The number of benzene rings is 1. The zero-order valence-corrected chi connectivity index (χ0v) is 21.5. The van der Waals surface area contributed by atoms with Crippen molar-refractivity contribution >= 4 is 33.1 Å². The molecule has 14 heteroatoms. The molecule has 1 aliphatic rings. The number of nitrogens with one attached hydrogen (secondary N) is 2. The lowest BCUT2D eigenvalue weighted by molar-refractivity contribution is 0.0390. The molecule has 4 aromatic rings. The Labute approximate surface area is 219 Å². The topological polar surface area (TPSA) is 149 Å². The SMILES string of the molecule is COc1cccc(-n2ncc3c(N/N=C/c4ccc(S(=O)(=O)NCCN5CCOCC5)cc4)ncnc32)n1. The van der Waals surface area contributed by atoms with E-state index >= 15 is 0 Å². The Hall–Kier alpha value is -3.98. The van der Waals surface area contributed by atoms with Gasteiger partial charge in [-0.3, -0.25) is 10.3 Å². The van der Waals surface area contributed by atoms with E-state index in [9.17, 15) is 8.42 Å². The summed E-state index contributed by atoms with van der Waals surface area (Å²) in [5.41, 5.74) is 4.17. The quantitative estimate of drug-likeness (QED) is 0.224. The molecule has 3 aromatic heterocycles. The third-order valence-corrected chi connectivity index (χ3v) is 7.38. The van der Waals surface area contributed by atoms with Crippen molar-refractivity contribution in [3.63, 3.8) is 0 Å². The van der Waals surface area contributed by atoms with Crippen LogP contribution in [0.1, 0.15) is 5.56 Å². The van der Waals surface area contributed by atoms with Crippen molar-refractivity contribution in [2.24, 2.45) is 5.10 Å². The van der Waals surface area contributed by atoms with Gasteiger partial charge in [-0.05, 0) is 23.8 Å². The molecule has 2 N–H and O–H groups in total. The minimum atomic E-state index is -3.60. The average molecular weight is 538 g/mol. The number of hydrogen-bond acceptors (Lipinski definition) is 11. The molecule has 0 amide bonds. The van der Waals surface area contributed by atoms with Gasteiger partial charge in [-0.1, -0.05) is 18.2 Å². The highest BCUT2D eigenvalue weighted by molar-refractivity contribution is 7.89. The fourth-order valence-electron chi connectivity index (χ4n) is 3.88. The van der Waals surface area contributed by atoms with Crippen molar-refractivity contribution in [3.05, 3.63) is 60.6 Å². The van der Waals surface area contributed by atoms with Crippen LogP contribution in [0, 0.1) is 0 Å². The molecule has 38 heavy (non-hydrogen) atoms. The number of methoxy groups -OCH3 is 1. The third-order valence-electron chi connectivity index (χ3n) is 5.90. The molecule has 1 aromatic carbocycles. The second kappa shape index (κ2) is 11.6. The second-order valence-corrected chi connectivity index (χ2v) is 10.1. The zero-order chi connectivity index (χ0) is 26.4. The molecule has 0 bridgehead atoms. The normalized spacial score (nSPS) is 14.8. The van der Waals surface area contributed by atoms with Gasteiger partial charge in [-0.25, -0.2) is 23.1 Å². The molecule has 0 atom stereocenters. The molecule has 0 unspecified atom stereocenters. The van der Waals surface area contributed by atoms with E-state index in [2.05, 4.69) is 40.2 Å². The molecular weight excluding hydrogens is 510 g/mol. The van der Waals surface area contributed by atoms with Crippen LogP contribution in [0.25, 0.3) is 16.9 Å². The van der Waals surface area contributed by atoms with Crippen LogP contribution in [0.3, 0.4) is 0 Å². The van der Waals surface area contributed by atoms with Crippen molar-refractivity contribution in [1.82, 2.24) is 34.4 Å². The van der Waals surface area contributed by atoms with Gasteiger partial charge in [-0.2, -0.15) is 19.9 Å². The number of morpholine rings is 1. The molecule has 1 aliphatic heterocycles. The van der Waals surface area contributed by atoms with Crippen LogP contribution in [0.15, 0.2) is 65.0 Å². The number of pyridine rings is 1. The Bertz CT molecular complexity index is 1520. The van der Waals surface area contributed by atoms with Gasteiger partial charge >= 0.3 is 0 Å². The van der Waals surface area contributed by atoms with Crippen LogP contribution in [0.4, 0.5) is 5.82 Å². The fourth-order valence-corrected chi connectivity index (χ4v) is 4.90. The minimum absolute atomic E-state index is 0.195. The predicted octanol–water partition coefficient (Wildman–Crippen LogP) is 1.28. The number of hydrogen-bond donors (Lipinski definition) is 2. The molecule has 5 rings (SSSR count). The largest absolute Gasteiger partial charge is 0.481 e. The molecular formula is C24H27N9O4S. The lowest BCUT2D eigenvalue weighted by atomic mass is 10.2. The molecule has 4 heterocycles. The maximum atomic E-state index is 12.6. The van der Waals surface area contributed by atoms with E-state index in [1.165, 1.54) is 6.33 Å². The van der Waals surface area contributed by atoms with E-state index in [-0.39, 0.29) is 4.90 Å². The van der Waals surface area contributed by atoms with E-state index in [4.69, 9.17) is 9.47 Å². The van der Waals surface area contributed by atoms with Crippen LogP contribution >= 0.6 is 0 Å². The Morgan fingerprint density at radius 1 is 1.13 bits per heavy atom. The lowest BCUT2D eigenvalue weighted by Gasteiger charge is -2.26. The van der Waals surface area contributed by atoms with Gasteiger partial charge in [0, 0.05) is 32.2 Å². The summed E-state index contributed by atoms with van der Waals surface area (Å²) in [7, 11) is -2.05. The highest BCUT2D eigenvalue weighted by atomic mass is 32.2. The highest BCUT2D eigenvalue weighted by Gasteiger charge is 2.16. The van der Waals surface area contributed by atoms with Crippen LogP contribution in [0.5, 0.6) is 5.88 Å². The number of nitrogens with zero attached hydrogens (tertiary/aromatic N) is 7. The average Bonchev–Trinajstić information content (AvgIpc) is 3.39. The number of sulfonamides is 1. The molecule has 0 radical (unpaired) electrons. The molecule has 1 fully saturated rings. The van der Waals surface area contributed by atoms with Crippen molar-refractivity contribution in [3.8, 4) is 11.7 Å². The maximum absolute atomic E-state index is 12.6. The summed E-state index contributed by atoms with van der Waals surface area (Å²) in [6, 6.07) is 11.8. The lowest BCUT2D eigenvalue weighted by Crippen LogP contribution is -2.41. The molecule has 0 saturated carbocycles. The summed E-state index contributed by atoms with van der Waals surface area (Å²) in [4.78, 5) is 15.3. The monoisotopic (exact) mass is 537 g/mol. The number of fused-ring (bicyclic) bond motifs is 1. The van der Waals surface area contributed by atoms with Crippen molar-refractivity contribution in [2.45, 2.75) is 4.90 Å². The summed E-state index contributed by atoms with van der Waals surface area (Å²) >= 11 is 0. The zero-order valence-electron chi connectivity index (χ0n) is 20.7. The van der Waals surface area contributed by atoms with E-state index < -0.39 is 10.0 Å². The number of rotatable bonds is 10. The first-order valence-electron chi connectivity index (χ1n) is 11.9. The Morgan fingerprint density at radius 3 is 2.74 bits per heavy atom. The molecule has 0 aliphatic carbocycles. The predicted molar refractivity (Wildman–Crippen MR) is 141 cm³/mol. The van der Waals surface area contributed by atoms with Crippen molar-refractivity contribution in [1.29, 1.82) is 0 Å². The Balaban J connectivity index is 1.22. The van der Waals surface area contributed by atoms with Gasteiger partial charge in [0.05, 0.1) is 43.0 Å². The van der Waals surface area contributed by atoms with Crippen molar-refractivity contribution in [2.75, 3.05) is 51.9 Å². The fraction of sp³-hybridized carbons (Fsp3) is 0.292. The van der Waals surface area contributed by atoms with Crippen LogP contribution < -0.4 is 14.9 Å². The van der Waals surface area contributed by atoms with E-state index in [0.29, 0.717) is 60.4 Å². The first-order chi connectivity index (χ1) is 18.5. The minimum Gasteiger partial charge on any atom is -0.481 e. The number of hydrazone groups is 1. The molecule has 1 saturated heterocycles. The number of aromatic nitrogens is 5. The summed E-state index contributed by atoms with van der Waals surface area (Å²) < 4.78 is 40.0. The van der Waals surface area contributed by atoms with Gasteiger partial charge < -0.3 is 9.47 Å². The summed E-state index contributed by atoms with van der Waals surface area (Å²) in [6.07, 6.45) is 4.61. The maximum Gasteiger partial charge on any atom is 0.240 e. The van der Waals surface area contributed by atoms with E-state index in [1.54, 1.807) is 60.6 Å². The molecule has 198 valence electrons. The van der Waals surface area contributed by atoms with Crippen LogP contribution in [0.2, 0.25) is 0 Å². The van der Waals surface area contributed by atoms with Crippen LogP contribution in [-0.4, -0.2) is 90.8 Å². The third kappa shape index (κ3) is 5.94. The van der Waals surface area contributed by atoms with Gasteiger partial charge in [0.2, 0.25) is 15.9 Å². The van der Waals surface area contributed by atoms with Gasteiger partial charge in [-0.15, -0.1) is 0 Å². The molecule has 13 nitrogen and oxygen atoms in total. The standard InChI is InChI=1S/C24H27N9O4S/c1-36-22-4-2-3-21(30-22)33-24-20(16-28-33)23(25-17-26-24)31-27-15-18-5-7-19(8-6-18)38(34,35)29-9-10-32-11-13-37-14-12-32/h2-8,15-17,29H,9-14H2,1H3,(H,25,26,31)/b27-15+. The second-order valence-electron chi connectivity index (χ2n) is 8.34. The number of anilines is 1. The van der Waals surface area contributed by atoms with Gasteiger partial charge in [0.15, 0.2) is 17.3 Å². The highest BCUT2D eigenvalue weighted by Crippen LogP contribution is 2.21. The van der Waals surface area contributed by atoms with E-state index in [1.807, 2.05) is 6.07 Å². The smallest absolute Gasteiger partial charge is 0.240 e. The Kier molecular flexibility index (Phi) is 7.83. The van der Waals surface area contributed by atoms with E-state index in [0.717, 1.165) is 13.1 Å². The summed E-state index contributed by atoms with van der Waals surface area (Å²) in [5, 5.41) is 9.28. The number of ether oxygens (including phenoxy) is 2. The first kappa shape index (κ1) is 25.7. The Morgan fingerprint density at radius 2 is 1.95 bits per heavy atom. The van der Waals surface area contributed by atoms with Gasteiger partial charge in [0.1, 0.15) is 6.33 Å². The van der Waals surface area contributed by atoms with Gasteiger partial charge in [0.25, 0.3) is 0 Å². The first-order valence-corrected chi connectivity index (χ1v) is 13.4. The van der Waals surface area contributed by atoms with Crippen molar-refractivity contribution < 1.29 is 17.9 Å².